The van der Waals surface area contributed by atoms with Crippen LogP contribution < -0.4 is 5.73 Å². The SMILES string of the molecule is CC(N)C1(c2ccc3c(c2F)CCC3)CC1. The highest BCUT2D eigenvalue weighted by molar-refractivity contribution is 5.43. The first kappa shape index (κ1) is 10.3. The van der Waals surface area contributed by atoms with Crippen LogP contribution in [0.25, 0.3) is 0 Å². The number of hydrogen-bond donors (Lipinski definition) is 1. The lowest BCUT2D eigenvalue weighted by Crippen LogP contribution is -2.32. The molecule has 0 bridgehead atoms. The van der Waals surface area contributed by atoms with E-state index in [0.717, 1.165) is 43.2 Å². The second kappa shape index (κ2) is 3.30. The summed E-state index contributed by atoms with van der Waals surface area (Å²) in [5.41, 5.74) is 9.01. The van der Waals surface area contributed by atoms with Gasteiger partial charge in [-0.25, -0.2) is 4.39 Å². The molecular weight excluding hydrogens is 201 g/mol. The molecule has 1 nitrogen and oxygen atoms in total. The van der Waals surface area contributed by atoms with Crippen molar-refractivity contribution in [2.24, 2.45) is 5.73 Å². The molecular formula is C14H18FN. The number of aryl methyl sites for hydroxylation is 1. The molecule has 0 aliphatic heterocycles. The van der Waals surface area contributed by atoms with Crippen molar-refractivity contribution in [3.63, 3.8) is 0 Å². The van der Waals surface area contributed by atoms with Crippen molar-refractivity contribution in [1.29, 1.82) is 0 Å². The molecule has 2 heteroatoms. The third-order valence-electron chi connectivity index (χ3n) is 4.41. The molecule has 1 fully saturated rings. The Morgan fingerprint density at radius 2 is 2.06 bits per heavy atom. The zero-order chi connectivity index (χ0) is 11.3. The monoisotopic (exact) mass is 219 g/mol. The van der Waals surface area contributed by atoms with Gasteiger partial charge in [0.15, 0.2) is 0 Å². The number of halogens is 1. The van der Waals surface area contributed by atoms with Gasteiger partial charge in [0, 0.05) is 11.5 Å². The summed E-state index contributed by atoms with van der Waals surface area (Å²) in [6.07, 6.45) is 5.13. The lowest BCUT2D eigenvalue weighted by molar-refractivity contribution is 0.507. The minimum absolute atomic E-state index is 0.0461. The summed E-state index contributed by atoms with van der Waals surface area (Å²) in [5.74, 6) is 0.0461. The van der Waals surface area contributed by atoms with Crippen molar-refractivity contribution < 1.29 is 4.39 Å². The van der Waals surface area contributed by atoms with Gasteiger partial charge in [-0.15, -0.1) is 0 Å². The van der Waals surface area contributed by atoms with Crippen molar-refractivity contribution in [2.75, 3.05) is 0 Å². The molecule has 0 heterocycles. The van der Waals surface area contributed by atoms with Gasteiger partial charge < -0.3 is 5.73 Å². The van der Waals surface area contributed by atoms with Crippen LogP contribution in [0.1, 0.15) is 42.9 Å². The first-order valence-electron chi connectivity index (χ1n) is 6.21. The first-order chi connectivity index (χ1) is 7.65. The summed E-state index contributed by atoms with van der Waals surface area (Å²) in [7, 11) is 0. The van der Waals surface area contributed by atoms with Crippen LogP contribution in [0.15, 0.2) is 12.1 Å². The Morgan fingerprint density at radius 1 is 1.31 bits per heavy atom. The quantitative estimate of drug-likeness (QED) is 0.813. The number of benzene rings is 1. The topological polar surface area (TPSA) is 26.0 Å². The van der Waals surface area contributed by atoms with Crippen molar-refractivity contribution in [3.8, 4) is 0 Å². The molecule has 0 amide bonds. The first-order valence-corrected chi connectivity index (χ1v) is 6.21. The van der Waals surface area contributed by atoms with Crippen molar-refractivity contribution >= 4 is 0 Å². The molecule has 2 aliphatic rings. The van der Waals surface area contributed by atoms with Crippen LogP contribution in [0.2, 0.25) is 0 Å². The van der Waals surface area contributed by atoms with Gasteiger partial charge in [0.25, 0.3) is 0 Å². The molecule has 1 atom stereocenters. The van der Waals surface area contributed by atoms with Gasteiger partial charge in [0.2, 0.25) is 0 Å². The van der Waals surface area contributed by atoms with E-state index >= 15 is 0 Å². The lowest BCUT2D eigenvalue weighted by Gasteiger charge is -2.22. The maximum atomic E-state index is 14.4. The smallest absolute Gasteiger partial charge is 0.130 e. The van der Waals surface area contributed by atoms with Crippen LogP contribution in [-0.4, -0.2) is 6.04 Å². The Hall–Kier alpha value is -0.890. The van der Waals surface area contributed by atoms with Gasteiger partial charge in [-0.2, -0.15) is 0 Å². The number of rotatable bonds is 2. The number of hydrogen-bond acceptors (Lipinski definition) is 1. The second-order valence-corrected chi connectivity index (χ2v) is 5.36. The molecule has 2 aliphatic carbocycles. The molecule has 0 spiro atoms. The molecule has 1 aromatic rings. The van der Waals surface area contributed by atoms with Gasteiger partial charge in [-0.1, -0.05) is 12.1 Å². The summed E-state index contributed by atoms with van der Waals surface area (Å²) in [5, 5.41) is 0. The van der Waals surface area contributed by atoms with Crippen LogP contribution in [0.3, 0.4) is 0 Å². The fourth-order valence-corrected chi connectivity index (χ4v) is 3.11. The van der Waals surface area contributed by atoms with E-state index in [1.807, 2.05) is 13.0 Å². The van der Waals surface area contributed by atoms with E-state index in [-0.39, 0.29) is 17.3 Å². The van der Waals surface area contributed by atoms with E-state index in [1.165, 1.54) is 5.56 Å². The summed E-state index contributed by atoms with van der Waals surface area (Å²) < 4.78 is 14.4. The Balaban J connectivity index is 2.10. The van der Waals surface area contributed by atoms with E-state index in [1.54, 1.807) is 0 Å². The number of fused-ring (bicyclic) bond motifs is 1. The molecule has 1 saturated carbocycles. The Labute approximate surface area is 95.8 Å². The lowest BCUT2D eigenvalue weighted by atomic mass is 9.87. The minimum atomic E-state index is -0.0539. The van der Waals surface area contributed by atoms with Crippen LogP contribution in [0.5, 0.6) is 0 Å². The summed E-state index contributed by atoms with van der Waals surface area (Å²) in [4.78, 5) is 0. The van der Waals surface area contributed by atoms with Crippen molar-refractivity contribution in [1.82, 2.24) is 0 Å². The predicted octanol–water partition coefficient (Wildman–Crippen LogP) is 2.69. The highest BCUT2D eigenvalue weighted by atomic mass is 19.1. The maximum absolute atomic E-state index is 14.4. The largest absolute Gasteiger partial charge is 0.327 e. The molecule has 1 unspecified atom stereocenters. The Bertz CT molecular complexity index is 433. The molecule has 86 valence electrons. The van der Waals surface area contributed by atoms with Gasteiger partial charge in [0.05, 0.1) is 0 Å². The molecule has 16 heavy (non-hydrogen) atoms. The highest BCUT2D eigenvalue weighted by Crippen LogP contribution is 2.52. The predicted molar refractivity (Wildman–Crippen MR) is 63.0 cm³/mol. The van der Waals surface area contributed by atoms with Crippen molar-refractivity contribution in [2.45, 2.75) is 50.5 Å². The third-order valence-corrected chi connectivity index (χ3v) is 4.41. The Kier molecular flexibility index (Phi) is 2.12. The molecule has 0 radical (unpaired) electrons. The summed E-state index contributed by atoms with van der Waals surface area (Å²) in [6.45, 7) is 2.00. The average molecular weight is 219 g/mol. The van der Waals surface area contributed by atoms with E-state index in [4.69, 9.17) is 5.73 Å². The zero-order valence-corrected chi connectivity index (χ0v) is 9.72. The van der Waals surface area contributed by atoms with Crippen LogP contribution in [0, 0.1) is 5.82 Å². The standard InChI is InChI=1S/C14H18FN/c1-9(16)14(7-8-14)12-6-5-10-3-2-4-11(10)13(12)15/h5-6,9H,2-4,7-8,16H2,1H3. The normalized spacial score (nSPS) is 22.9. The average Bonchev–Trinajstić information content (AvgIpc) is 2.90. The van der Waals surface area contributed by atoms with E-state index in [0.29, 0.717) is 0 Å². The van der Waals surface area contributed by atoms with E-state index < -0.39 is 0 Å². The fraction of sp³-hybridized carbons (Fsp3) is 0.571. The van der Waals surface area contributed by atoms with Crippen LogP contribution in [-0.2, 0) is 18.3 Å². The van der Waals surface area contributed by atoms with Crippen molar-refractivity contribution in [3.05, 3.63) is 34.6 Å². The maximum Gasteiger partial charge on any atom is 0.130 e. The highest BCUT2D eigenvalue weighted by Gasteiger charge is 2.49. The zero-order valence-electron chi connectivity index (χ0n) is 9.72. The molecule has 1 aromatic carbocycles. The molecule has 3 rings (SSSR count). The van der Waals surface area contributed by atoms with Gasteiger partial charge >= 0.3 is 0 Å². The van der Waals surface area contributed by atoms with Gasteiger partial charge in [-0.05, 0) is 55.7 Å². The van der Waals surface area contributed by atoms with E-state index in [2.05, 4.69) is 6.07 Å². The fourth-order valence-electron chi connectivity index (χ4n) is 3.11. The van der Waals surface area contributed by atoms with Crippen LogP contribution >= 0.6 is 0 Å². The molecule has 0 aromatic heterocycles. The Morgan fingerprint density at radius 3 is 2.69 bits per heavy atom. The second-order valence-electron chi connectivity index (χ2n) is 5.36. The van der Waals surface area contributed by atoms with Gasteiger partial charge in [0.1, 0.15) is 5.82 Å². The summed E-state index contributed by atoms with van der Waals surface area (Å²) in [6, 6.07) is 4.15. The number of nitrogens with two attached hydrogens (primary N) is 1. The third kappa shape index (κ3) is 1.26. The molecule has 0 saturated heterocycles. The minimum Gasteiger partial charge on any atom is -0.327 e. The molecule has 2 N–H and O–H groups in total. The van der Waals surface area contributed by atoms with Crippen LogP contribution in [0.4, 0.5) is 4.39 Å². The summed E-state index contributed by atoms with van der Waals surface area (Å²) >= 11 is 0. The van der Waals surface area contributed by atoms with Gasteiger partial charge in [-0.3, -0.25) is 0 Å². The van der Waals surface area contributed by atoms with E-state index in [9.17, 15) is 4.39 Å².